The summed E-state index contributed by atoms with van der Waals surface area (Å²) < 4.78 is 23.9. The standard InChI is InChI=1S/C15H31NO2S/c1-4-16-12-15-9-7-5-6-8-14(15)10-11-19(17,18)13(2)3/h13-16H,4-12H2,1-3H3. The van der Waals surface area contributed by atoms with E-state index in [4.69, 9.17) is 0 Å². The quantitative estimate of drug-likeness (QED) is 0.733. The highest BCUT2D eigenvalue weighted by Gasteiger charge is 2.26. The zero-order chi connectivity index (χ0) is 14.3. The van der Waals surface area contributed by atoms with Gasteiger partial charge in [-0.15, -0.1) is 0 Å². The number of nitrogens with one attached hydrogen (secondary N) is 1. The van der Waals surface area contributed by atoms with Crippen molar-refractivity contribution >= 4 is 9.84 Å². The molecule has 2 unspecified atom stereocenters. The predicted molar refractivity (Wildman–Crippen MR) is 82.1 cm³/mol. The molecule has 0 radical (unpaired) electrons. The van der Waals surface area contributed by atoms with Crippen molar-refractivity contribution in [2.75, 3.05) is 18.8 Å². The van der Waals surface area contributed by atoms with Crippen LogP contribution in [-0.4, -0.2) is 32.5 Å². The minimum Gasteiger partial charge on any atom is -0.317 e. The Labute approximate surface area is 119 Å². The fraction of sp³-hybridized carbons (Fsp3) is 1.00. The average Bonchev–Trinajstić information content (AvgIpc) is 2.58. The molecule has 1 N–H and O–H groups in total. The van der Waals surface area contributed by atoms with Gasteiger partial charge in [-0.2, -0.15) is 0 Å². The van der Waals surface area contributed by atoms with Crippen LogP contribution < -0.4 is 5.32 Å². The third-order valence-electron chi connectivity index (χ3n) is 4.46. The zero-order valence-corrected chi connectivity index (χ0v) is 13.6. The molecule has 0 aliphatic heterocycles. The van der Waals surface area contributed by atoms with Crippen LogP contribution in [0.3, 0.4) is 0 Å². The third kappa shape index (κ3) is 5.82. The minimum absolute atomic E-state index is 0.231. The van der Waals surface area contributed by atoms with Crippen molar-refractivity contribution in [3.8, 4) is 0 Å². The first-order chi connectivity index (χ1) is 8.97. The fourth-order valence-electron chi connectivity index (χ4n) is 2.99. The Morgan fingerprint density at radius 1 is 1.11 bits per heavy atom. The van der Waals surface area contributed by atoms with Crippen LogP contribution in [0, 0.1) is 11.8 Å². The lowest BCUT2D eigenvalue weighted by Crippen LogP contribution is -2.29. The van der Waals surface area contributed by atoms with Gasteiger partial charge in [0.15, 0.2) is 9.84 Å². The molecule has 3 nitrogen and oxygen atoms in total. The van der Waals surface area contributed by atoms with Gasteiger partial charge >= 0.3 is 0 Å². The molecule has 1 fully saturated rings. The Morgan fingerprint density at radius 3 is 2.32 bits per heavy atom. The molecule has 1 rings (SSSR count). The SMILES string of the molecule is CCNCC1CCCCCC1CCS(=O)(=O)C(C)C. The highest BCUT2D eigenvalue weighted by Crippen LogP contribution is 2.31. The normalized spacial score (nSPS) is 25.5. The second-order valence-electron chi connectivity index (χ2n) is 6.17. The van der Waals surface area contributed by atoms with E-state index in [2.05, 4.69) is 12.2 Å². The molecule has 0 aromatic carbocycles. The molecule has 1 aliphatic rings. The maximum atomic E-state index is 12.0. The molecule has 1 saturated carbocycles. The molecule has 0 spiro atoms. The van der Waals surface area contributed by atoms with Crippen LogP contribution in [0.1, 0.15) is 59.3 Å². The Bertz CT molecular complexity index is 338. The van der Waals surface area contributed by atoms with Gasteiger partial charge in [-0.05, 0) is 51.6 Å². The minimum atomic E-state index is -2.87. The van der Waals surface area contributed by atoms with Crippen LogP contribution >= 0.6 is 0 Å². The van der Waals surface area contributed by atoms with Gasteiger partial charge in [0.05, 0.1) is 11.0 Å². The lowest BCUT2D eigenvalue weighted by atomic mass is 9.86. The van der Waals surface area contributed by atoms with E-state index in [1.165, 1.54) is 32.1 Å². The summed E-state index contributed by atoms with van der Waals surface area (Å²) in [6, 6.07) is 0. The van der Waals surface area contributed by atoms with E-state index in [1.54, 1.807) is 13.8 Å². The Hall–Kier alpha value is -0.0900. The second kappa shape index (κ2) is 8.25. The molecule has 0 heterocycles. The molecular weight excluding hydrogens is 258 g/mol. The molecule has 2 atom stereocenters. The van der Waals surface area contributed by atoms with Gasteiger partial charge in [0, 0.05) is 0 Å². The van der Waals surface area contributed by atoms with E-state index in [9.17, 15) is 8.42 Å². The summed E-state index contributed by atoms with van der Waals surface area (Å²) in [7, 11) is -2.87. The topological polar surface area (TPSA) is 46.2 Å². The van der Waals surface area contributed by atoms with E-state index >= 15 is 0 Å². The molecule has 0 aromatic rings. The molecule has 0 amide bonds. The zero-order valence-electron chi connectivity index (χ0n) is 12.8. The first-order valence-electron chi connectivity index (χ1n) is 7.89. The van der Waals surface area contributed by atoms with Crippen LogP contribution in [0.5, 0.6) is 0 Å². The van der Waals surface area contributed by atoms with Crippen molar-refractivity contribution < 1.29 is 8.42 Å². The molecule has 0 saturated heterocycles. The van der Waals surface area contributed by atoms with Crippen LogP contribution in [0.4, 0.5) is 0 Å². The van der Waals surface area contributed by atoms with Crippen LogP contribution in [-0.2, 0) is 9.84 Å². The average molecular weight is 289 g/mol. The van der Waals surface area contributed by atoms with E-state index in [0.717, 1.165) is 19.5 Å². The predicted octanol–water partition coefficient (Wildman–Crippen LogP) is 3.01. The number of hydrogen-bond acceptors (Lipinski definition) is 3. The molecule has 114 valence electrons. The van der Waals surface area contributed by atoms with Crippen molar-refractivity contribution in [3.05, 3.63) is 0 Å². The van der Waals surface area contributed by atoms with E-state index < -0.39 is 9.84 Å². The summed E-state index contributed by atoms with van der Waals surface area (Å²) in [4.78, 5) is 0. The second-order valence-corrected chi connectivity index (χ2v) is 8.85. The summed E-state index contributed by atoms with van der Waals surface area (Å²) in [5, 5.41) is 3.22. The van der Waals surface area contributed by atoms with Gasteiger partial charge < -0.3 is 5.32 Å². The molecule has 0 bridgehead atoms. The number of sulfone groups is 1. The monoisotopic (exact) mass is 289 g/mol. The van der Waals surface area contributed by atoms with Crippen molar-refractivity contribution in [2.45, 2.75) is 64.5 Å². The van der Waals surface area contributed by atoms with E-state index in [1.807, 2.05) is 0 Å². The van der Waals surface area contributed by atoms with Crippen LogP contribution in [0.15, 0.2) is 0 Å². The van der Waals surface area contributed by atoms with Gasteiger partial charge in [0.2, 0.25) is 0 Å². The van der Waals surface area contributed by atoms with Crippen molar-refractivity contribution in [1.29, 1.82) is 0 Å². The molecule has 1 aliphatic carbocycles. The van der Waals surface area contributed by atoms with Gasteiger partial charge in [0.1, 0.15) is 0 Å². The van der Waals surface area contributed by atoms with Crippen LogP contribution in [0.2, 0.25) is 0 Å². The Balaban J connectivity index is 2.55. The largest absolute Gasteiger partial charge is 0.317 e. The molecule has 0 aromatic heterocycles. The first-order valence-corrected chi connectivity index (χ1v) is 9.61. The maximum Gasteiger partial charge on any atom is 0.152 e. The van der Waals surface area contributed by atoms with Crippen LogP contribution in [0.25, 0.3) is 0 Å². The van der Waals surface area contributed by atoms with Crippen molar-refractivity contribution in [3.63, 3.8) is 0 Å². The first kappa shape index (κ1) is 17.0. The number of hydrogen-bond donors (Lipinski definition) is 1. The Kier molecular flexibility index (Phi) is 7.37. The summed E-state index contributed by atoms with van der Waals surface area (Å²) in [5.74, 6) is 1.64. The maximum absolute atomic E-state index is 12.0. The summed E-state index contributed by atoms with van der Waals surface area (Å²) in [6.07, 6.45) is 7.23. The highest BCUT2D eigenvalue weighted by molar-refractivity contribution is 7.91. The van der Waals surface area contributed by atoms with Crippen molar-refractivity contribution in [2.24, 2.45) is 11.8 Å². The lowest BCUT2D eigenvalue weighted by Gasteiger charge is -2.25. The van der Waals surface area contributed by atoms with Gasteiger partial charge in [0.25, 0.3) is 0 Å². The lowest BCUT2D eigenvalue weighted by molar-refractivity contribution is 0.294. The van der Waals surface area contributed by atoms with E-state index in [0.29, 0.717) is 17.6 Å². The number of rotatable bonds is 7. The van der Waals surface area contributed by atoms with Gasteiger partial charge in [-0.1, -0.05) is 32.6 Å². The fourth-order valence-corrected chi connectivity index (χ4v) is 4.09. The molecule has 19 heavy (non-hydrogen) atoms. The third-order valence-corrected chi connectivity index (χ3v) is 6.71. The molecular formula is C15H31NO2S. The molecule has 4 heteroatoms. The van der Waals surface area contributed by atoms with Gasteiger partial charge in [-0.3, -0.25) is 0 Å². The summed E-state index contributed by atoms with van der Waals surface area (Å²) >= 11 is 0. The highest BCUT2D eigenvalue weighted by atomic mass is 32.2. The van der Waals surface area contributed by atoms with E-state index in [-0.39, 0.29) is 5.25 Å². The van der Waals surface area contributed by atoms with Crippen molar-refractivity contribution in [1.82, 2.24) is 5.32 Å². The van der Waals surface area contributed by atoms with Gasteiger partial charge in [-0.25, -0.2) is 8.42 Å². The summed E-state index contributed by atoms with van der Waals surface area (Å²) in [5.41, 5.74) is 0. The Morgan fingerprint density at radius 2 is 1.74 bits per heavy atom. The summed E-state index contributed by atoms with van der Waals surface area (Å²) in [6.45, 7) is 7.78. The smallest absolute Gasteiger partial charge is 0.152 e.